The molecular weight excluding hydrogens is 470 g/mol. The minimum Gasteiger partial charge on any atom is -0.392 e. The molecule has 0 radical (unpaired) electrons. The van der Waals surface area contributed by atoms with Crippen LogP contribution in [-0.2, 0) is 20.8 Å². The van der Waals surface area contributed by atoms with Gasteiger partial charge in [-0.2, -0.15) is 0 Å². The Bertz CT molecular complexity index is 1150. The number of aliphatic hydroxyl groups is 1. The van der Waals surface area contributed by atoms with Crippen LogP contribution >= 0.6 is 0 Å². The van der Waals surface area contributed by atoms with Gasteiger partial charge in [-0.1, -0.05) is 43.3 Å². The zero-order valence-corrected chi connectivity index (χ0v) is 21.0. The smallest absolute Gasteiger partial charge is 0.257 e. The van der Waals surface area contributed by atoms with Crippen molar-refractivity contribution in [2.24, 2.45) is 5.92 Å². The summed E-state index contributed by atoms with van der Waals surface area (Å²) in [5.74, 6) is -0.0890. The Kier molecular flexibility index (Phi) is 8.23. The Morgan fingerprint density at radius 3 is 2.43 bits per heavy atom. The Labute approximate surface area is 217 Å². The summed E-state index contributed by atoms with van der Waals surface area (Å²) in [5, 5.41) is 12.4. The molecule has 0 aliphatic carbocycles. The van der Waals surface area contributed by atoms with Crippen LogP contribution in [0.5, 0.6) is 0 Å². The monoisotopic (exact) mass is 503 g/mol. The first-order valence-corrected chi connectivity index (χ1v) is 12.7. The number of amides is 1. The van der Waals surface area contributed by atoms with Gasteiger partial charge in [-0.25, -0.2) is 0 Å². The summed E-state index contributed by atoms with van der Waals surface area (Å²) >= 11 is 0. The molecule has 0 bridgehead atoms. The first-order chi connectivity index (χ1) is 18.1. The SMILES string of the molecule is C[C@H]1[C@@H](CN2CCOCC2)O[C@@H](c2ccc(NC(=O)c3cccnc3)cc2)O[C@H]1c1ccc(CO)cc1. The molecule has 3 heterocycles. The summed E-state index contributed by atoms with van der Waals surface area (Å²) in [6.07, 6.45) is 2.42. The van der Waals surface area contributed by atoms with Crippen molar-refractivity contribution in [1.82, 2.24) is 9.88 Å². The Morgan fingerprint density at radius 1 is 1.03 bits per heavy atom. The first-order valence-electron chi connectivity index (χ1n) is 12.7. The van der Waals surface area contributed by atoms with E-state index < -0.39 is 6.29 Å². The van der Waals surface area contributed by atoms with E-state index in [4.69, 9.17) is 14.2 Å². The minimum atomic E-state index is -0.548. The quantitative estimate of drug-likeness (QED) is 0.504. The van der Waals surface area contributed by atoms with Crippen LogP contribution in [0, 0.1) is 5.92 Å². The zero-order valence-electron chi connectivity index (χ0n) is 21.0. The van der Waals surface area contributed by atoms with E-state index in [2.05, 4.69) is 22.1 Å². The molecule has 2 N–H and O–H groups in total. The maximum atomic E-state index is 12.5. The van der Waals surface area contributed by atoms with Crippen LogP contribution in [0.15, 0.2) is 73.1 Å². The number of aliphatic hydroxyl groups excluding tert-OH is 1. The van der Waals surface area contributed by atoms with E-state index in [1.54, 1.807) is 18.3 Å². The molecule has 0 unspecified atom stereocenters. The van der Waals surface area contributed by atoms with Crippen molar-refractivity contribution in [2.75, 3.05) is 38.2 Å². The van der Waals surface area contributed by atoms with Crippen molar-refractivity contribution >= 4 is 11.6 Å². The van der Waals surface area contributed by atoms with E-state index in [-0.39, 0.29) is 30.6 Å². The number of aromatic nitrogens is 1. The highest BCUT2D eigenvalue weighted by Gasteiger charge is 2.39. The number of ether oxygens (including phenoxy) is 3. The van der Waals surface area contributed by atoms with Gasteiger partial charge in [0.25, 0.3) is 5.91 Å². The summed E-state index contributed by atoms with van der Waals surface area (Å²) in [7, 11) is 0. The molecule has 8 nitrogen and oxygen atoms in total. The van der Waals surface area contributed by atoms with E-state index in [1.165, 1.54) is 6.20 Å². The van der Waals surface area contributed by atoms with Crippen LogP contribution in [-0.4, -0.2) is 59.8 Å². The molecule has 1 aromatic heterocycles. The second-order valence-electron chi connectivity index (χ2n) is 9.55. The predicted molar refractivity (Wildman–Crippen MR) is 139 cm³/mol. The molecule has 8 heteroatoms. The van der Waals surface area contributed by atoms with Gasteiger partial charge in [-0.15, -0.1) is 0 Å². The number of pyridine rings is 1. The maximum Gasteiger partial charge on any atom is 0.257 e. The molecule has 2 aliphatic heterocycles. The van der Waals surface area contributed by atoms with Gasteiger partial charge in [0.05, 0.1) is 37.6 Å². The molecule has 2 fully saturated rings. The standard InChI is InChI=1S/C29H33N3O5/c1-20-26(18-32-13-15-35-16-14-32)36-29(37-27(20)22-6-4-21(19-33)5-7-22)23-8-10-25(11-9-23)31-28(34)24-3-2-12-30-17-24/h2-12,17,20,26-27,29,33H,13-16,18-19H2,1H3,(H,31,34)/t20-,26+,27+,29+/m0/s1. The van der Waals surface area contributed by atoms with Crippen molar-refractivity contribution in [3.05, 3.63) is 95.3 Å². The lowest BCUT2D eigenvalue weighted by Gasteiger charge is -2.43. The number of benzene rings is 2. The van der Waals surface area contributed by atoms with Gasteiger partial charge in [-0.05, 0) is 35.4 Å². The highest BCUT2D eigenvalue weighted by Crippen LogP contribution is 2.42. The molecule has 5 rings (SSSR count). The Hall–Kier alpha value is -3.14. The third-order valence-electron chi connectivity index (χ3n) is 7.03. The number of anilines is 1. The van der Waals surface area contributed by atoms with Crippen LogP contribution in [0.25, 0.3) is 0 Å². The molecule has 2 aromatic carbocycles. The lowest BCUT2D eigenvalue weighted by Crippen LogP contribution is -2.47. The van der Waals surface area contributed by atoms with Gasteiger partial charge in [-0.3, -0.25) is 14.7 Å². The van der Waals surface area contributed by atoms with Gasteiger partial charge in [0.2, 0.25) is 0 Å². The highest BCUT2D eigenvalue weighted by molar-refractivity contribution is 6.03. The number of morpholine rings is 1. The van der Waals surface area contributed by atoms with Crippen molar-refractivity contribution in [2.45, 2.75) is 32.0 Å². The van der Waals surface area contributed by atoms with Gasteiger partial charge in [0, 0.05) is 49.2 Å². The summed E-state index contributed by atoms with van der Waals surface area (Å²) < 4.78 is 18.6. The largest absolute Gasteiger partial charge is 0.392 e. The van der Waals surface area contributed by atoms with E-state index in [1.807, 2.05) is 48.5 Å². The van der Waals surface area contributed by atoms with Crippen LogP contribution < -0.4 is 5.32 Å². The number of rotatable bonds is 7. The van der Waals surface area contributed by atoms with Crippen molar-refractivity contribution in [1.29, 1.82) is 0 Å². The average Bonchev–Trinajstić information content (AvgIpc) is 2.96. The van der Waals surface area contributed by atoms with Gasteiger partial charge < -0.3 is 24.6 Å². The molecule has 2 saturated heterocycles. The molecule has 37 heavy (non-hydrogen) atoms. The highest BCUT2D eigenvalue weighted by atomic mass is 16.7. The molecule has 3 aromatic rings. The van der Waals surface area contributed by atoms with Crippen molar-refractivity contribution in [3.8, 4) is 0 Å². The second kappa shape index (κ2) is 11.9. The van der Waals surface area contributed by atoms with E-state index >= 15 is 0 Å². The first kappa shape index (κ1) is 25.5. The molecule has 194 valence electrons. The van der Waals surface area contributed by atoms with Gasteiger partial charge >= 0.3 is 0 Å². The zero-order chi connectivity index (χ0) is 25.6. The number of carbonyl (C=O) groups excluding carboxylic acids is 1. The van der Waals surface area contributed by atoms with Gasteiger partial charge in [0.1, 0.15) is 0 Å². The normalized spacial score (nSPS) is 24.5. The van der Waals surface area contributed by atoms with Crippen LogP contribution in [0.2, 0.25) is 0 Å². The molecular formula is C29H33N3O5. The van der Waals surface area contributed by atoms with Gasteiger partial charge in [0.15, 0.2) is 6.29 Å². The third-order valence-corrected chi connectivity index (χ3v) is 7.03. The van der Waals surface area contributed by atoms with Crippen LogP contribution in [0.1, 0.15) is 46.4 Å². The predicted octanol–water partition coefficient (Wildman–Crippen LogP) is 3.95. The molecule has 2 aliphatic rings. The fraction of sp³-hybridized carbons (Fsp3) is 0.379. The van der Waals surface area contributed by atoms with Crippen LogP contribution in [0.4, 0.5) is 5.69 Å². The number of hydrogen-bond acceptors (Lipinski definition) is 7. The van der Waals surface area contributed by atoms with E-state index in [9.17, 15) is 9.90 Å². The number of nitrogens with zero attached hydrogens (tertiary/aromatic N) is 2. The molecule has 4 atom stereocenters. The summed E-state index contributed by atoms with van der Waals surface area (Å²) in [5.41, 5.74) is 4.00. The molecule has 0 spiro atoms. The third kappa shape index (κ3) is 6.23. The van der Waals surface area contributed by atoms with E-state index in [0.29, 0.717) is 11.3 Å². The molecule has 1 amide bonds. The summed E-state index contributed by atoms with van der Waals surface area (Å²) in [6, 6.07) is 19.0. The fourth-order valence-electron chi connectivity index (χ4n) is 4.79. The Balaban J connectivity index is 1.34. The number of hydrogen-bond donors (Lipinski definition) is 2. The van der Waals surface area contributed by atoms with Crippen molar-refractivity contribution in [3.63, 3.8) is 0 Å². The Morgan fingerprint density at radius 2 is 1.76 bits per heavy atom. The topological polar surface area (TPSA) is 93.2 Å². The molecule has 0 saturated carbocycles. The summed E-state index contributed by atoms with van der Waals surface area (Å²) in [4.78, 5) is 18.9. The number of nitrogens with one attached hydrogen (secondary N) is 1. The maximum absolute atomic E-state index is 12.5. The van der Waals surface area contributed by atoms with Crippen LogP contribution in [0.3, 0.4) is 0 Å². The lowest BCUT2D eigenvalue weighted by atomic mass is 9.90. The fourth-order valence-corrected chi connectivity index (χ4v) is 4.79. The minimum absolute atomic E-state index is 0.0103. The lowest BCUT2D eigenvalue weighted by molar-refractivity contribution is -0.277. The average molecular weight is 504 g/mol. The number of carbonyl (C=O) groups is 1. The summed E-state index contributed by atoms with van der Waals surface area (Å²) in [6.45, 7) is 6.23. The second-order valence-corrected chi connectivity index (χ2v) is 9.55. The van der Waals surface area contributed by atoms with E-state index in [0.717, 1.165) is 49.5 Å². The van der Waals surface area contributed by atoms with Crippen molar-refractivity contribution < 1.29 is 24.1 Å².